The molecule has 1 aliphatic rings. The first-order valence-electron chi connectivity index (χ1n) is 7.40. The Morgan fingerprint density at radius 3 is 2.48 bits per heavy atom. The van der Waals surface area contributed by atoms with Crippen LogP contribution in [0.4, 0.5) is 13.2 Å². The molecule has 0 saturated carbocycles. The number of piperazine rings is 1. The highest BCUT2D eigenvalue weighted by Gasteiger charge is 2.32. The minimum Gasteiger partial charge on any atom is -0.404 e. The average molecular weight is 373 g/mol. The minimum absolute atomic E-state index is 0. The summed E-state index contributed by atoms with van der Waals surface area (Å²) >= 11 is 5.96. The predicted octanol–water partition coefficient (Wildman–Crippen LogP) is 4.41. The standard InChI is InChI=1S/C15H20ClF3N2O.ClH/c1-2-3-13(21-8-6-20-7-9-21)11-4-5-14(12(16)10-11)22-15(17,18)19;/h4-5,10,13,20H,2-3,6-9H2,1H3;1H/t13-;/m0./s1. The molecule has 1 heterocycles. The Bertz CT molecular complexity index is 494. The zero-order valence-electron chi connectivity index (χ0n) is 12.8. The van der Waals surface area contributed by atoms with Gasteiger partial charge in [-0.2, -0.15) is 0 Å². The Hall–Kier alpha value is -0.690. The van der Waals surface area contributed by atoms with E-state index >= 15 is 0 Å². The van der Waals surface area contributed by atoms with Crippen molar-refractivity contribution in [2.75, 3.05) is 26.2 Å². The van der Waals surface area contributed by atoms with E-state index in [1.165, 1.54) is 6.07 Å². The van der Waals surface area contributed by atoms with Crippen LogP contribution in [0.15, 0.2) is 18.2 Å². The molecule has 1 saturated heterocycles. The molecule has 8 heteroatoms. The second kappa shape index (κ2) is 8.97. The van der Waals surface area contributed by atoms with Crippen LogP contribution in [0.25, 0.3) is 0 Å². The molecule has 0 aliphatic carbocycles. The molecular formula is C15H21Cl2F3N2O. The van der Waals surface area contributed by atoms with Gasteiger partial charge in [-0.3, -0.25) is 4.90 Å². The first-order valence-corrected chi connectivity index (χ1v) is 7.78. The van der Waals surface area contributed by atoms with Crippen LogP contribution in [-0.4, -0.2) is 37.4 Å². The highest BCUT2D eigenvalue weighted by Crippen LogP contribution is 2.34. The monoisotopic (exact) mass is 372 g/mol. The van der Waals surface area contributed by atoms with E-state index < -0.39 is 6.36 Å². The van der Waals surface area contributed by atoms with Crippen molar-refractivity contribution in [1.29, 1.82) is 0 Å². The van der Waals surface area contributed by atoms with Gasteiger partial charge in [-0.1, -0.05) is 31.0 Å². The van der Waals surface area contributed by atoms with Crippen LogP contribution in [0, 0.1) is 0 Å². The molecule has 1 atom stereocenters. The van der Waals surface area contributed by atoms with E-state index in [-0.39, 0.29) is 29.2 Å². The maximum Gasteiger partial charge on any atom is 0.573 e. The van der Waals surface area contributed by atoms with Crippen LogP contribution in [0.3, 0.4) is 0 Å². The van der Waals surface area contributed by atoms with E-state index in [1.807, 2.05) is 0 Å². The third-order valence-corrected chi connectivity index (χ3v) is 4.02. The van der Waals surface area contributed by atoms with Gasteiger partial charge in [-0.05, 0) is 24.1 Å². The molecule has 0 unspecified atom stereocenters. The second-order valence-corrected chi connectivity index (χ2v) is 5.74. The van der Waals surface area contributed by atoms with Crippen molar-refractivity contribution in [2.45, 2.75) is 32.2 Å². The predicted molar refractivity (Wildman–Crippen MR) is 87.5 cm³/mol. The van der Waals surface area contributed by atoms with E-state index in [9.17, 15) is 13.2 Å². The summed E-state index contributed by atoms with van der Waals surface area (Å²) in [5.74, 6) is -0.353. The van der Waals surface area contributed by atoms with E-state index in [2.05, 4.69) is 21.9 Å². The van der Waals surface area contributed by atoms with Crippen molar-refractivity contribution in [1.82, 2.24) is 10.2 Å². The third kappa shape index (κ3) is 6.03. The summed E-state index contributed by atoms with van der Waals surface area (Å²) in [6, 6.07) is 4.74. The highest BCUT2D eigenvalue weighted by atomic mass is 35.5. The van der Waals surface area contributed by atoms with Crippen LogP contribution < -0.4 is 10.1 Å². The summed E-state index contributed by atoms with van der Waals surface area (Å²) in [4.78, 5) is 2.34. The zero-order valence-corrected chi connectivity index (χ0v) is 14.4. The van der Waals surface area contributed by atoms with Gasteiger partial charge in [-0.15, -0.1) is 25.6 Å². The maximum atomic E-state index is 12.3. The lowest BCUT2D eigenvalue weighted by molar-refractivity contribution is -0.274. The fraction of sp³-hybridized carbons (Fsp3) is 0.600. The van der Waals surface area contributed by atoms with Crippen molar-refractivity contribution in [3.8, 4) is 5.75 Å². The largest absolute Gasteiger partial charge is 0.573 e. The van der Waals surface area contributed by atoms with Crippen LogP contribution in [0.2, 0.25) is 5.02 Å². The van der Waals surface area contributed by atoms with Gasteiger partial charge >= 0.3 is 6.36 Å². The normalized spacial score (nSPS) is 17.4. The Morgan fingerprint density at radius 1 is 1.30 bits per heavy atom. The minimum atomic E-state index is -4.73. The number of halogens is 5. The molecule has 2 rings (SSSR count). The van der Waals surface area contributed by atoms with Gasteiger partial charge in [0.25, 0.3) is 0 Å². The number of hydrogen-bond acceptors (Lipinski definition) is 3. The lowest BCUT2D eigenvalue weighted by atomic mass is 9.99. The van der Waals surface area contributed by atoms with Gasteiger partial charge in [0, 0.05) is 32.2 Å². The van der Waals surface area contributed by atoms with Crippen LogP contribution in [0.1, 0.15) is 31.4 Å². The Morgan fingerprint density at radius 2 is 1.96 bits per heavy atom. The average Bonchev–Trinajstić information content (AvgIpc) is 2.47. The molecule has 1 aliphatic heterocycles. The van der Waals surface area contributed by atoms with Gasteiger partial charge in [0.05, 0.1) is 5.02 Å². The fourth-order valence-corrected chi connectivity index (χ4v) is 2.99. The number of nitrogens with zero attached hydrogens (tertiary/aromatic N) is 1. The number of hydrogen-bond donors (Lipinski definition) is 1. The Kier molecular flexibility index (Phi) is 7.94. The smallest absolute Gasteiger partial charge is 0.404 e. The Balaban J connectivity index is 0.00000264. The van der Waals surface area contributed by atoms with Crippen LogP contribution in [0.5, 0.6) is 5.75 Å². The van der Waals surface area contributed by atoms with Gasteiger partial charge in [0.1, 0.15) is 5.75 Å². The van der Waals surface area contributed by atoms with E-state index in [4.69, 9.17) is 11.6 Å². The first kappa shape index (κ1) is 20.4. The van der Waals surface area contributed by atoms with Crippen molar-refractivity contribution < 1.29 is 17.9 Å². The van der Waals surface area contributed by atoms with Crippen molar-refractivity contribution in [3.63, 3.8) is 0 Å². The lowest BCUT2D eigenvalue weighted by Crippen LogP contribution is -2.45. The summed E-state index contributed by atoms with van der Waals surface area (Å²) < 4.78 is 40.8. The van der Waals surface area contributed by atoms with Crippen molar-refractivity contribution in [3.05, 3.63) is 28.8 Å². The molecular weight excluding hydrogens is 352 g/mol. The topological polar surface area (TPSA) is 24.5 Å². The number of alkyl halides is 3. The molecule has 0 bridgehead atoms. The summed E-state index contributed by atoms with van der Waals surface area (Å²) in [5.41, 5.74) is 0.934. The van der Waals surface area contributed by atoms with Gasteiger partial charge in [0.15, 0.2) is 0 Å². The first-order chi connectivity index (χ1) is 10.4. The Labute approximate surface area is 145 Å². The number of nitrogens with one attached hydrogen (secondary N) is 1. The number of ether oxygens (including phenoxy) is 1. The molecule has 0 aromatic heterocycles. The van der Waals surface area contributed by atoms with Crippen molar-refractivity contribution in [2.24, 2.45) is 0 Å². The summed E-state index contributed by atoms with van der Waals surface area (Å²) in [5, 5.41) is 3.29. The fourth-order valence-electron chi connectivity index (χ4n) is 2.76. The molecule has 0 spiro atoms. The van der Waals surface area contributed by atoms with Gasteiger partial charge < -0.3 is 10.1 Å². The molecule has 132 valence electrons. The summed E-state index contributed by atoms with van der Waals surface area (Å²) in [6.45, 7) is 5.77. The number of rotatable bonds is 5. The third-order valence-electron chi connectivity index (χ3n) is 3.72. The van der Waals surface area contributed by atoms with Crippen LogP contribution in [-0.2, 0) is 0 Å². The lowest BCUT2D eigenvalue weighted by Gasteiger charge is -2.35. The van der Waals surface area contributed by atoms with Crippen molar-refractivity contribution >= 4 is 24.0 Å². The molecule has 0 amide bonds. The molecule has 1 aromatic rings. The SMILES string of the molecule is CCC[C@@H](c1ccc(OC(F)(F)F)c(Cl)c1)N1CCNCC1.Cl. The molecule has 1 fully saturated rings. The van der Waals surface area contributed by atoms with Crippen LogP contribution >= 0.6 is 24.0 Å². The summed E-state index contributed by atoms with van der Waals surface area (Å²) in [6.07, 6.45) is -2.80. The number of benzene rings is 1. The molecule has 0 radical (unpaired) electrons. The van der Waals surface area contributed by atoms with E-state index in [0.29, 0.717) is 0 Å². The summed E-state index contributed by atoms with van der Waals surface area (Å²) in [7, 11) is 0. The molecule has 1 aromatic carbocycles. The second-order valence-electron chi connectivity index (χ2n) is 5.33. The molecule has 1 N–H and O–H groups in total. The van der Waals surface area contributed by atoms with E-state index in [0.717, 1.165) is 44.6 Å². The zero-order chi connectivity index (χ0) is 16.2. The van der Waals surface area contributed by atoms with Gasteiger partial charge in [-0.25, -0.2) is 0 Å². The van der Waals surface area contributed by atoms with E-state index in [1.54, 1.807) is 12.1 Å². The quantitative estimate of drug-likeness (QED) is 0.828. The highest BCUT2D eigenvalue weighted by molar-refractivity contribution is 6.32. The molecule has 3 nitrogen and oxygen atoms in total. The maximum absolute atomic E-state index is 12.3. The molecule has 23 heavy (non-hydrogen) atoms. The van der Waals surface area contributed by atoms with Gasteiger partial charge in [0.2, 0.25) is 0 Å².